The number of aliphatic imine (C=N–C) groups is 1. The Morgan fingerprint density at radius 2 is 2.39 bits per heavy atom. The first-order chi connectivity index (χ1) is 8.69. The van der Waals surface area contributed by atoms with Crippen LogP contribution in [-0.2, 0) is 0 Å². The summed E-state index contributed by atoms with van der Waals surface area (Å²) < 4.78 is 1.12. The second-order valence-corrected chi connectivity index (χ2v) is 6.80. The molecule has 18 heavy (non-hydrogen) atoms. The fraction of sp³-hybridized carbons (Fsp3) is 0.500. The van der Waals surface area contributed by atoms with Crippen LogP contribution in [-0.4, -0.2) is 17.0 Å². The fourth-order valence-electron chi connectivity index (χ4n) is 2.01. The fourth-order valence-corrected chi connectivity index (χ4v) is 3.64. The van der Waals surface area contributed by atoms with Crippen LogP contribution in [0.25, 0.3) is 0 Å². The highest BCUT2D eigenvalue weighted by Gasteiger charge is 2.20. The van der Waals surface area contributed by atoms with Crippen molar-refractivity contribution in [1.82, 2.24) is 5.32 Å². The highest BCUT2D eigenvalue weighted by Crippen LogP contribution is 2.26. The van der Waals surface area contributed by atoms with Crippen molar-refractivity contribution < 1.29 is 0 Å². The molecule has 2 nitrogen and oxygen atoms in total. The van der Waals surface area contributed by atoms with E-state index in [9.17, 15) is 0 Å². The SMILES string of the molecule is CCCC1CN=C(NC(C)c2cccc(Br)c2)S1. The van der Waals surface area contributed by atoms with Gasteiger partial charge in [-0.3, -0.25) is 4.99 Å². The Hall–Kier alpha value is -0.480. The van der Waals surface area contributed by atoms with E-state index < -0.39 is 0 Å². The summed E-state index contributed by atoms with van der Waals surface area (Å²) in [5.74, 6) is 0. The van der Waals surface area contributed by atoms with E-state index in [1.807, 2.05) is 11.8 Å². The summed E-state index contributed by atoms with van der Waals surface area (Å²) in [6, 6.07) is 8.72. The first-order valence-electron chi connectivity index (χ1n) is 6.42. The molecule has 2 unspecified atom stereocenters. The third-order valence-corrected chi connectivity index (χ3v) is 4.70. The van der Waals surface area contributed by atoms with Crippen LogP contribution in [0.3, 0.4) is 0 Å². The minimum absolute atomic E-state index is 0.300. The minimum atomic E-state index is 0.300. The van der Waals surface area contributed by atoms with Crippen LogP contribution < -0.4 is 5.32 Å². The van der Waals surface area contributed by atoms with Crippen molar-refractivity contribution in [2.45, 2.75) is 38.0 Å². The number of rotatable bonds is 4. The molecule has 1 N–H and O–H groups in total. The second-order valence-electron chi connectivity index (χ2n) is 4.60. The predicted octanol–water partition coefficient (Wildman–Crippen LogP) is 4.37. The van der Waals surface area contributed by atoms with Crippen molar-refractivity contribution in [1.29, 1.82) is 0 Å². The number of nitrogens with zero attached hydrogens (tertiary/aromatic N) is 1. The molecule has 0 saturated heterocycles. The van der Waals surface area contributed by atoms with Gasteiger partial charge in [0.2, 0.25) is 0 Å². The molecular weight excluding hydrogens is 308 g/mol. The van der Waals surface area contributed by atoms with Crippen LogP contribution >= 0.6 is 27.7 Å². The molecule has 1 aromatic rings. The van der Waals surface area contributed by atoms with Gasteiger partial charge >= 0.3 is 0 Å². The van der Waals surface area contributed by atoms with Crippen LogP contribution in [0.15, 0.2) is 33.7 Å². The molecule has 0 spiro atoms. The monoisotopic (exact) mass is 326 g/mol. The normalized spacial score (nSPS) is 20.6. The summed E-state index contributed by atoms with van der Waals surface area (Å²) in [6.45, 7) is 5.38. The molecule has 0 aliphatic carbocycles. The topological polar surface area (TPSA) is 24.4 Å². The molecule has 0 saturated carbocycles. The molecule has 2 rings (SSSR count). The lowest BCUT2D eigenvalue weighted by Crippen LogP contribution is -2.23. The van der Waals surface area contributed by atoms with Crippen molar-refractivity contribution in [2.75, 3.05) is 6.54 Å². The van der Waals surface area contributed by atoms with Gasteiger partial charge in [-0.2, -0.15) is 0 Å². The number of benzene rings is 1. The molecule has 0 radical (unpaired) electrons. The molecule has 0 bridgehead atoms. The maximum atomic E-state index is 4.58. The first kappa shape index (κ1) is 13.9. The van der Waals surface area contributed by atoms with Gasteiger partial charge in [0.25, 0.3) is 0 Å². The quantitative estimate of drug-likeness (QED) is 0.888. The summed E-state index contributed by atoms with van der Waals surface area (Å²) in [6.07, 6.45) is 2.49. The number of thioether (sulfide) groups is 1. The van der Waals surface area contributed by atoms with E-state index in [4.69, 9.17) is 0 Å². The van der Waals surface area contributed by atoms with E-state index in [2.05, 4.69) is 64.4 Å². The predicted molar refractivity (Wildman–Crippen MR) is 84.3 cm³/mol. The lowest BCUT2D eigenvalue weighted by atomic mass is 10.1. The zero-order chi connectivity index (χ0) is 13.0. The molecule has 1 aliphatic rings. The summed E-state index contributed by atoms with van der Waals surface area (Å²) in [4.78, 5) is 4.58. The van der Waals surface area contributed by atoms with E-state index >= 15 is 0 Å². The largest absolute Gasteiger partial charge is 0.358 e. The van der Waals surface area contributed by atoms with Crippen LogP contribution in [0.1, 0.15) is 38.3 Å². The third kappa shape index (κ3) is 3.75. The van der Waals surface area contributed by atoms with E-state index in [1.165, 1.54) is 18.4 Å². The highest BCUT2D eigenvalue weighted by atomic mass is 79.9. The Balaban J connectivity index is 1.91. The van der Waals surface area contributed by atoms with Crippen molar-refractivity contribution in [3.8, 4) is 0 Å². The van der Waals surface area contributed by atoms with Crippen LogP contribution in [0.2, 0.25) is 0 Å². The maximum Gasteiger partial charge on any atom is 0.157 e. The Kier molecular flexibility index (Phi) is 5.13. The van der Waals surface area contributed by atoms with Gasteiger partial charge in [0.15, 0.2) is 5.17 Å². The summed E-state index contributed by atoms with van der Waals surface area (Å²) in [5, 5.41) is 5.27. The summed E-state index contributed by atoms with van der Waals surface area (Å²) in [7, 11) is 0. The standard InChI is InChI=1S/C14H19BrN2S/c1-3-5-13-9-16-14(18-13)17-10(2)11-6-4-7-12(15)8-11/h4,6-8,10,13H,3,5,9H2,1-2H3,(H,16,17). The van der Waals surface area contributed by atoms with Crippen LogP contribution in [0.4, 0.5) is 0 Å². The molecule has 0 fully saturated rings. The van der Waals surface area contributed by atoms with Gasteiger partial charge < -0.3 is 5.32 Å². The van der Waals surface area contributed by atoms with E-state index in [0.717, 1.165) is 16.2 Å². The Labute approximate surface area is 122 Å². The van der Waals surface area contributed by atoms with E-state index in [0.29, 0.717) is 11.3 Å². The van der Waals surface area contributed by atoms with E-state index in [1.54, 1.807) is 0 Å². The first-order valence-corrected chi connectivity index (χ1v) is 8.09. The molecular formula is C14H19BrN2S. The number of nitrogens with one attached hydrogen (secondary N) is 1. The molecule has 4 heteroatoms. The van der Waals surface area contributed by atoms with Crippen molar-refractivity contribution in [2.24, 2.45) is 4.99 Å². The maximum absolute atomic E-state index is 4.58. The zero-order valence-corrected chi connectivity index (χ0v) is 13.2. The lowest BCUT2D eigenvalue weighted by molar-refractivity contribution is 0.720. The molecule has 0 amide bonds. The van der Waals surface area contributed by atoms with Gasteiger partial charge in [-0.15, -0.1) is 0 Å². The van der Waals surface area contributed by atoms with Gasteiger partial charge in [0.05, 0.1) is 12.6 Å². The smallest absolute Gasteiger partial charge is 0.157 e. The van der Waals surface area contributed by atoms with Crippen LogP contribution in [0.5, 0.6) is 0 Å². The number of amidine groups is 1. The van der Waals surface area contributed by atoms with Gasteiger partial charge in [-0.25, -0.2) is 0 Å². The molecule has 1 aliphatic heterocycles. The molecule has 1 aromatic carbocycles. The minimum Gasteiger partial charge on any atom is -0.358 e. The van der Waals surface area contributed by atoms with Gasteiger partial charge in [0.1, 0.15) is 0 Å². The van der Waals surface area contributed by atoms with Gasteiger partial charge in [-0.05, 0) is 31.0 Å². The number of halogens is 1. The molecule has 98 valence electrons. The average molecular weight is 327 g/mol. The zero-order valence-electron chi connectivity index (χ0n) is 10.8. The molecule has 2 atom stereocenters. The summed E-state index contributed by atoms with van der Waals surface area (Å²) in [5.41, 5.74) is 1.28. The average Bonchev–Trinajstić information content (AvgIpc) is 2.77. The Morgan fingerprint density at radius 1 is 1.56 bits per heavy atom. The van der Waals surface area contributed by atoms with Crippen molar-refractivity contribution >= 4 is 32.9 Å². The third-order valence-electron chi connectivity index (χ3n) is 3.02. The van der Waals surface area contributed by atoms with Crippen LogP contribution in [0, 0.1) is 0 Å². The molecule has 0 aromatic heterocycles. The number of hydrogen-bond donors (Lipinski definition) is 1. The van der Waals surface area contributed by atoms with Crippen molar-refractivity contribution in [3.05, 3.63) is 34.3 Å². The number of hydrogen-bond acceptors (Lipinski definition) is 3. The summed E-state index contributed by atoms with van der Waals surface area (Å²) >= 11 is 5.40. The van der Waals surface area contributed by atoms with Gasteiger partial charge in [0, 0.05) is 9.72 Å². The van der Waals surface area contributed by atoms with E-state index in [-0.39, 0.29) is 0 Å². The second kappa shape index (κ2) is 6.62. The lowest BCUT2D eigenvalue weighted by Gasteiger charge is -2.16. The molecule has 1 heterocycles. The highest BCUT2D eigenvalue weighted by molar-refractivity contribution is 9.10. The van der Waals surface area contributed by atoms with Crippen molar-refractivity contribution in [3.63, 3.8) is 0 Å². The van der Waals surface area contributed by atoms with Gasteiger partial charge in [-0.1, -0.05) is 53.2 Å². The Bertz CT molecular complexity index is 434. The Morgan fingerprint density at radius 3 is 3.11 bits per heavy atom.